The van der Waals surface area contributed by atoms with Crippen LogP contribution in [0, 0.1) is 18.6 Å². The van der Waals surface area contributed by atoms with Gasteiger partial charge in [-0.15, -0.1) is 0 Å². The monoisotopic (exact) mass is 355 g/mol. The van der Waals surface area contributed by atoms with Crippen LogP contribution in [0.1, 0.15) is 30.4 Å². The summed E-state index contributed by atoms with van der Waals surface area (Å²) < 4.78 is 27.2. The van der Waals surface area contributed by atoms with Crippen LogP contribution in [-0.4, -0.2) is 16.5 Å². The third kappa shape index (κ3) is 4.20. The number of aromatic nitrogens is 2. The summed E-state index contributed by atoms with van der Waals surface area (Å²) in [5.74, 6) is 0.0434. The highest BCUT2D eigenvalue weighted by Crippen LogP contribution is 2.24. The predicted octanol–water partition coefficient (Wildman–Crippen LogP) is 4.24. The van der Waals surface area contributed by atoms with Crippen molar-refractivity contribution in [1.29, 1.82) is 0 Å². The van der Waals surface area contributed by atoms with E-state index in [0.717, 1.165) is 29.2 Å². The van der Waals surface area contributed by atoms with Gasteiger partial charge in [0, 0.05) is 19.0 Å². The summed E-state index contributed by atoms with van der Waals surface area (Å²) in [7, 11) is 0. The minimum atomic E-state index is -0.594. The van der Waals surface area contributed by atoms with Gasteiger partial charge >= 0.3 is 0 Å². The average Bonchev–Trinajstić information content (AvgIpc) is 2.40. The number of hydrogen-bond donors (Lipinski definition) is 1. The zero-order valence-electron chi connectivity index (χ0n) is 11.9. The van der Waals surface area contributed by atoms with Crippen molar-refractivity contribution in [3.63, 3.8) is 0 Å². The lowest BCUT2D eigenvalue weighted by Gasteiger charge is -2.11. The molecule has 0 amide bonds. The maximum Gasteiger partial charge on any atom is 0.144 e. The number of nitrogens with one attached hydrogen (secondary N) is 1. The standard InChI is InChI=1S/C15H16BrF2N3/c1-3-4-19-15-14(16)9(2)20-13(21-15)7-10-5-11(17)8-12(18)6-10/h5-6,8H,3-4,7H2,1-2H3,(H,19,20,21). The molecule has 2 rings (SSSR count). The molecule has 1 aromatic carbocycles. The van der Waals surface area contributed by atoms with Crippen molar-refractivity contribution in [3.8, 4) is 0 Å². The molecule has 0 saturated carbocycles. The van der Waals surface area contributed by atoms with E-state index in [2.05, 4.69) is 38.1 Å². The zero-order valence-corrected chi connectivity index (χ0v) is 13.5. The number of hydrogen-bond acceptors (Lipinski definition) is 3. The molecule has 6 heteroatoms. The van der Waals surface area contributed by atoms with Gasteiger partial charge in [-0.1, -0.05) is 6.92 Å². The maximum absolute atomic E-state index is 13.2. The van der Waals surface area contributed by atoms with Gasteiger partial charge in [0.25, 0.3) is 0 Å². The molecule has 112 valence electrons. The van der Waals surface area contributed by atoms with Gasteiger partial charge in [0.2, 0.25) is 0 Å². The Balaban J connectivity index is 2.29. The number of halogens is 3. The fourth-order valence-corrected chi connectivity index (χ4v) is 2.27. The fourth-order valence-electron chi connectivity index (χ4n) is 1.95. The summed E-state index contributed by atoms with van der Waals surface area (Å²) in [6, 6.07) is 3.44. The largest absolute Gasteiger partial charge is 0.369 e. The molecule has 21 heavy (non-hydrogen) atoms. The first-order valence-electron chi connectivity index (χ1n) is 6.71. The van der Waals surface area contributed by atoms with Crippen molar-refractivity contribution in [2.24, 2.45) is 0 Å². The second-order valence-corrected chi connectivity index (χ2v) is 5.56. The van der Waals surface area contributed by atoms with E-state index >= 15 is 0 Å². The van der Waals surface area contributed by atoms with Crippen molar-refractivity contribution >= 4 is 21.7 Å². The summed E-state index contributed by atoms with van der Waals surface area (Å²) in [5.41, 5.74) is 1.30. The molecule has 0 aliphatic heterocycles. The van der Waals surface area contributed by atoms with Crippen LogP contribution in [0.3, 0.4) is 0 Å². The van der Waals surface area contributed by atoms with Crippen LogP contribution in [0.15, 0.2) is 22.7 Å². The SMILES string of the molecule is CCCNc1nc(Cc2cc(F)cc(F)c2)nc(C)c1Br. The van der Waals surface area contributed by atoms with E-state index in [1.165, 1.54) is 12.1 Å². The van der Waals surface area contributed by atoms with Crippen molar-refractivity contribution in [2.45, 2.75) is 26.7 Å². The summed E-state index contributed by atoms with van der Waals surface area (Å²) in [6.07, 6.45) is 1.25. The highest BCUT2D eigenvalue weighted by molar-refractivity contribution is 9.10. The Hall–Kier alpha value is -1.56. The third-order valence-corrected chi connectivity index (χ3v) is 3.84. The smallest absolute Gasteiger partial charge is 0.144 e. The highest BCUT2D eigenvalue weighted by atomic mass is 79.9. The Morgan fingerprint density at radius 1 is 1.14 bits per heavy atom. The van der Waals surface area contributed by atoms with Gasteiger partial charge in [0.1, 0.15) is 23.3 Å². The van der Waals surface area contributed by atoms with Crippen molar-refractivity contribution < 1.29 is 8.78 Å². The third-order valence-electron chi connectivity index (χ3n) is 2.89. The summed E-state index contributed by atoms with van der Waals surface area (Å²) >= 11 is 3.45. The minimum absolute atomic E-state index is 0.281. The molecule has 1 heterocycles. The normalized spacial score (nSPS) is 10.7. The highest BCUT2D eigenvalue weighted by Gasteiger charge is 2.10. The van der Waals surface area contributed by atoms with E-state index in [4.69, 9.17) is 0 Å². The lowest BCUT2D eigenvalue weighted by atomic mass is 10.1. The van der Waals surface area contributed by atoms with Gasteiger partial charge in [-0.05, 0) is 47.0 Å². The topological polar surface area (TPSA) is 37.8 Å². The molecule has 0 fully saturated rings. The first-order chi connectivity index (χ1) is 9.99. The van der Waals surface area contributed by atoms with Crippen molar-refractivity contribution in [2.75, 3.05) is 11.9 Å². The van der Waals surface area contributed by atoms with E-state index in [1.807, 2.05) is 6.92 Å². The van der Waals surface area contributed by atoms with Gasteiger partial charge in [0.05, 0.1) is 10.2 Å². The molecular weight excluding hydrogens is 340 g/mol. The van der Waals surface area contributed by atoms with Crippen molar-refractivity contribution in [1.82, 2.24) is 9.97 Å². The minimum Gasteiger partial charge on any atom is -0.369 e. The van der Waals surface area contributed by atoms with Crippen LogP contribution in [-0.2, 0) is 6.42 Å². The number of nitrogens with zero attached hydrogens (tertiary/aromatic N) is 2. The van der Waals surface area contributed by atoms with Gasteiger partial charge in [0.15, 0.2) is 0 Å². The van der Waals surface area contributed by atoms with Gasteiger partial charge in [-0.3, -0.25) is 0 Å². The van der Waals surface area contributed by atoms with E-state index in [1.54, 1.807) is 0 Å². The molecule has 3 nitrogen and oxygen atoms in total. The Morgan fingerprint density at radius 2 is 1.81 bits per heavy atom. The number of benzene rings is 1. The quantitative estimate of drug-likeness (QED) is 0.871. The van der Waals surface area contributed by atoms with Crippen LogP contribution >= 0.6 is 15.9 Å². The molecule has 0 radical (unpaired) electrons. The number of rotatable bonds is 5. The first kappa shape index (κ1) is 15.8. The van der Waals surface area contributed by atoms with Gasteiger partial charge < -0.3 is 5.32 Å². The van der Waals surface area contributed by atoms with Crippen LogP contribution in [0.5, 0.6) is 0 Å². The Morgan fingerprint density at radius 3 is 2.43 bits per heavy atom. The van der Waals surface area contributed by atoms with E-state index in [0.29, 0.717) is 17.2 Å². The summed E-state index contributed by atoms with van der Waals surface area (Å²) in [4.78, 5) is 8.76. The molecular formula is C15H16BrF2N3. The predicted molar refractivity (Wildman–Crippen MR) is 82.4 cm³/mol. The van der Waals surface area contributed by atoms with E-state index < -0.39 is 11.6 Å². The number of aryl methyl sites for hydroxylation is 1. The lowest BCUT2D eigenvalue weighted by molar-refractivity contribution is 0.580. The molecule has 1 N–H and O–H groups in total. The van der Waals surface area contributed by atoms with Crippen molar-refractivity contribution in [3.05, 3.63) is 51.4 Å². The van der Waals surface area contributed by atoms with E-state index in [9.17, 15) is 8.78 Å². The molecule has 0 aliphatic rings. The van der Waals surface area contributed by atoms with Gasteiger partial charge in [-0.25, -0.2) is 18.7 Å². The average molecular weight is 356 g/mol. The second kappa shape index (κ2) is 6.93. The van der Waals surface area contributed by atoms with Crippen LogP contribution < -0.4 is 5.32 Å². The fraction of sp³-hybridized carbons (Fsp3) is 0.333. The molecule has 0 atom stereocenters. The van der Waals surface area contributed by atoms with E-state index in [-0.39, 0.29) is 6.42 Å². The Bertz CT molecular complexity index is 627. The molecule has 0 aliphatic carbocycles. The lowest BCUT2D eigenvalue weighted by Crippen LogP contribution is -2.08. The van der Waals surface area contributed by atoms with Gasteiger partial charge in [-0.2, -0.15) is 0 Å². The molecule has 0 unspecified atom stereocenters. The molecule has 0 spiro atoms. The summed E-state index contributed by atoms with van der Waals surface area (Å²) in [6.45, 7) is 4.72. The number of anilines is 1. The van der Waals surface area contributed by atoms with Crippen LogP contribution in [0.4, 0.5) is 14.6 Å². The second-order valence-electron chi connectivity index (χ2n) is 4.77. The first-order valence-corrected chi connectivity index (χ1v) is 7.50. The Labute approximate surface area is 131 Å². The zero-order chi connectivity index (χ0) is 15.4. The molecule has 1 aromatic heterocycles. The summed E-state index contributed by atoms with van der Waals surface area (Å²) in [5, 5.41) is 3.21. The Kier molecular flexibility index (Phi) is 5.22. The van der Waals surface area contributed by atoms with Crippen LogP contribution in [0.2, 0.25) is 0 Å². The molecule has 0 saturated heterocycles. The van der Waals surface area contributed by atoms with Crippen LogP contribution in [0.25, 0.3) is 0 Å². The maximum atomic E-state index is 13.2. The molecule has 2 aromatic rings. The molecule has 0 bridgehead atoms.